The average Bonchev–Trinajstić information content (AvgIpc) is 2.71. The number of hydrogen-bond donors (Lipinski definition) is 2. The van der Waals surface area contributed by atoms with E-state index in [0.717, 1.165) is 19.3 Å². The lowest BCUT2D eigenvalue weighted by molar-refractivity contribution is 0.0820. The normalized spacial score (nSPS) is 16.8. The fourth-order valence-corrected chi connectivity index (χ4v) is 2.09. The number of carbonyl (C=O) groups is 1. The van der Waals surface area contributed by atoms with Crippen molar-refractivity contribution in [3.8, 4) is 0 Å². The highest BCUT2D eigenvalue weighted by Gasteiger charge is 2.36. The largest absolute Gasteiger partial charge is 0.467 e. The smallest absolute Gasteiger partial charge is 0.254 e. The van der Waals surface area contributed by atoms with Crippen LogP contribution in [-0.4, -0.2) is 11.4 Å². The van der Waals surface area contributed by atoms with Gasteiger partial charge in [-0.1, -0.05) is 6.92 Å². The van der Waals surface area contributed by atoms with Crippen molar-refractivity contribution in [3.05, 3.63) is 23.7 Å². The van der Waals surface area contributed by atoms with E-state index in [-0.39, 0.29) is 23.9 Å². The molecule has 0 saturated heterocycles. The number of halogens is 1. The Bertz CT molecular complexity index is 380. The summed E-state index contributed by atoms with van der Waals surface area (Å²) in [5.41, 5.74) is 6.02. The van der Waals surface area contributed by atoms with E-state index in [1.54, 1.807) is 6.07 Å². The topological polar surface area (TPSA) is 68.3 Å². The number of amides is 1. The van der Waals surface area contributed by atoms with Crippen molar-refractivity contribution in [3.63, 3.8) is 0 Å². The molecule has 0 unspecified atom stereocenters. The zero-order valence-electron chi connectivity index (χ0n) is 9.99. The Morgan fingerprint density at radius 1 is 1.59 bits per heavy atom. The quantitative estimate of drug-likeness (QED) is 0.870. The third kappa shape index (κ3) is 2.82. The molecule has 0 aromatic carbocycles. The molecule has 1 amide bonds. The molecular formula is C12H19ClN2O2. The second-order valence-corrected chi connectivity index (χ2v) is 4.45. The van der Waals surface area contributed by atoms with Gasteiger partial charge in [0.25, 0.3) is 5.91 Å². The molecule has 17 heavy (non-hydrogen) atoms. The molecule has 1 heterocycles. The van der Waals surface area contributed by atoms with E-state index in [9.17, 15) is 4.79 Å². The maximum atomic E-state index is 11.9. The van der Waals surface area contributed by atoms with Gasteiger partial charge in [-0.15, -0.1) is 12.4 Å². The minimum atomic E-state index is -0.0509. The first-order chi connectivity index (χ1) is 7.69. The Kier molecular flexibility index (Phi) is 4.60. The molecule has 1 aliphatic rings. The van der Waals surface area contributed by atoms with Crippen LogP contribution in [0.15, 0.2) is 16.7 Å². The summed E-state index contributed by atoms with van der Waals surface area (Å²) in [6, 6.07) is 1.71. The minimum absolute atomic E-state index is 0. The van der Waals surface area contributed by atoms with Crippen molar-refractivity contribution < 1.29 is 9.21 Å². The predicted octanol–water partition coefficient (Wildman–Crippen LogP) is 2.22. The van der Waals surface area contributed by atoms with Gasteiger partial charge in [0.15, 0.2) is 0 Å². The summed E-state index contributed by atoms with van der Waals surface area (Å²) in [6.45, 7) is 2.44. The molecule has 1 aromatic rings. The van der Waals surface area contributed by atoms with E-state index in [1.807, 2.05) is 0 Å². The highest BCUT2D eigenvalue weighted by atomic mass is 35.5. The van der Waals surface area contributed by atoms with Gasteiger partial charge < -0.3 is 15.5 Å². The Balaban J connectivity index is 0.00000144. The van der Waals surface area contributed by atoms with Crippen LogP contribution >= 0.6 is 12.4 Å². The zero-order valence-corrected chi connectivity index (χ0v) is 10.8. The van der Waals surface area contributed by atoms with Crippen LogP contribution in [0.25, 0.3) is 0 Å². The van der Waals surface area contributed by atoms with E-state index >= 15 is 0 Å². The molecule has 0 atom stereocenters. The number of hydrogen-bond acceptors (Lipinski definition) is 3. The molecule has 0 aliphatic heterocycles. The Hall–Kier alpha value is -1.00. The van der Waals surface area contributed by atoms with E-state index in [2.05, 4.69) is 12.2 Å². The number of carbonyl (C=O) groups excluding carboxylic acids is 1. The predicted molar refractivity (Wildman–Crippen MR) is 68.2 cm³/mol. The molecule has 1 aliphatic carbocycles. The summed E-state index contributed by atoms with van der Waals surface area (Å²) >= 11 is 0. The Labute approximate surface area is 107 Å². The molecule has 5 heteroatoms. The van der Waals surface area contributed by atoms with Gasteiger partial charge in [-0.3, -0.25) is 4.79 Å². The van der Waals surface area contributed by atoms with Crippen LogP contribution in [0, 0.1) is 0 Å². The van der Waals surface area contributed by atoms with Gasteiger partial charge in [-0.2, -0.15) is 0 Å². The van der Waals surface area contributed by atoms with Gasteiger partial charge in [0.1, 0.15) is 12.0 Å². The standard InChI is InChI=1S/C12H18N2O2.ClH/c1-2-12(4-3-5-12)14-11(15)9-6-10(7-13)16-8-9;/h6,8H,2-5,7,13H2,1H3,(H,14,15);1H. The van der Waals surface area contributed by atoms with Crippen molar-refractivity contribution in [2.45, 2.75) is 44.7 Å². The molecule has 1 saturated carbocycles. The third-order valence-electron chi connectivity index (χ3n) is 3.48. The highest BCUT2D eigenvalue weighted by molar-refractivity contribution is 5.94. The third-order valence-corrected chi connectivity index (χ3v) is 3.48. The minimum Gasteiger partial charge on any atom is -0.467 e. The monoisotopic (exact) mass is 258 g/mol. The van der Waals surface area contributed by atoms with Crippen molar-refractivity contribution in [1.82, 2.24) is 5.32 Å². The summed E-state index contributed by atoms with van der Waals surface area (Å²) in [4.78, 5) is 11.9. The van der Waals surface area contributed by atoms with Crippen LogP contribution in [0.2, 0.25) is 0 Å². The van der Waals surface area contributed by atoms with Crippen molar-refractivity contribution >= 4 is 18.3 Å². The lowest BCUT2D eigenvalue weighted by Crippen LogP contribution is -2.52. The number of rotatable bonds is 4. The second-order valence-electron chi connectivity index (χ2n) is 4.45. The van der Waals surface area contributed by atoms with Gasteiger partial charge in [-0.25, -0.2) is 0 Å². The summed E-state index contributed by atoms with van der Waals surface area (Å²) in [5.74, 6) is 0.592. The van der Waals surface area contributed by atoms with E-state index in [4.69, 9.17) is 10.2 Å². The highest BCUT2D eigenvalue weighted by Crippen LogP contribution is 2.34. The van der Waals surface area contributed by atoms with Crippen LogP contribution in [-0.2, 0) is 6.54 Å². The van der Waals surface area contributed by atoms with Crippen molar-refractivity contribution in [1.29, 1.82) is 0 Å². The maximum absolute atomic E-state index is 11.9. The summed E-state index contributed by atoms with van der Waals surface area (Å²) in [7, 11) is 0. The molecule has 3 N–H and O–H groups in total. The summed E-state index contributed by atoms with van der Waals surface area (Å²) < 4.78 is 5.15. The summed E-state index contributed by atoms with van der Waals surface area (Å²) in [6.07, 6.45) is 5.82. The fraction of sp³-hybridized carbons (Fsp3) is 0.583. The van der Waals surface area contributed by atoms with E-state index in [1.165, 1.54) is 12.7 Å². The Morgan fingerprint density at radius 3 is 2.71 bits per heavy atom. The van der Waals surface area contributed by atoms with Gasteiger partial charge in [0, 0.05) is 5.54 Å². The first-order valence-corrected chi connectivity index (χ1v) is 5.79. The molecule has 0 radical (unpaired) electrons. The van der Waals surface area contributed by atoms with Gasteiger partial charge in [0.05, 0.1) is 12.1 Å². The van der Waals surface area contributed by atoms with E-state index in [0.29, 0.717) is 17.9 Å². The Morgan fingerprint density at radius 2 is 2.29 bits per heavy atom. The van der Waals surface area contributed by atoms with Gasteiger partial charge >= 0.3 is 0 Å². The number of nitrogens with two attached hydrogens (primary N) is 1. The van der Waals surface area contributed by atoms with Crippen molar-refractivity contribution in [2.75, 3.05) is 0 Å². The molecular weight excluding hydrogens is 240 g/mol. The molecule has 96 valence electrons. The van der Waals surface area contributed by atoms with Crippen LogP contribution < -0.4 is 11.1 Å². The second kappa shape index (κ2) is 5.56. The lowest BCUT2D eigenvalue weighted by atomic mass is 9.75. The first kappa shape index (κ1) is 14.1. The fourth-order valence-electron chi connectivity index (χ4n) is 2.09. The molecule has 2 rings (SSSR count). The first-order valence-electron chi connectivity index (χ1n) is 5.79. The zero-order chi connectivity index (χ0) is 11.6. The molecule has 1 aromatic heterocycles. The van der Waals surface area contributed by atoms with Crippen LogP contribution in [0.5, 0.6) is 0 Å². The lowest BCUT2D eigenvalue weighted by Gasteiger charge is -2.41. The molecule has 0 spiro atoms. The average molecular weight is 259 g/mol. The van der Waals surface area contributed by atoms with Crippen molar-refractivity contribution in [2.24, 2.45) is 5.73 Å². The van der Waals surface area contributed by atoms with Crippen LogP contribution in [0.4, 0.5) is 0 Å². The SMILES string of the molecule is CCC1(NC(=O)c2coc(CN)c2)CCC1.Cl. The maximum Gasteiger partial charge on any atom is 0.254 e. The van der Waals surface area contributed by atoms with E-state index < -0.39 is 0 Å². The summed E-state index contributed by atoms with van der Waals surface area (Å²) in [5, 5.41) is 3.09. The molecule has 4 nitrogen and oxygen atoms in total. The number of nitrogens with one attached hydrogen (secondary N) is 1. The molecule has 1 fully saturated rings. The van der Waals surface area contributed by atoms with Crippen LogP contribution in [0.3, 0.4) is 0 Å². The van der Waals surface area contributed by atoms with Crippen LogP contribution in [0.1, 0.15) is 48.7 Å². The van der Waals surface area contributed by atoms with Gasteiger partial charge in [-0.05, 0) is 31.7 Å². The van der Waals surface area contributed by atoms with Gasteiger partial charge in [0.2, 0.25) is 0 Å². The number of furan rings is 1. The molecule has 0 bridgehead atoms.